The summed E-state index contributed by atoms with van der Waals surface area (Å²) in [6.45, 7) is 1.65. The minimum atomic E-state index is -0.378. The molecule has 3 aromatic heterocycles. The number of aryl methyl sites for hydroxylation is 1. The largest absolute Gasteiger partial charge is 0.408 e. The van der Waals surface area contributed by atoms with Crippen LogP contribution in [0.1, 0.15) is 5.89 Å². The van der Waals surface area contributed by atoms with Crippen LogP contribution in [-0.2, 0) is 0 Å². The van der Waals surface area contributed by atoms with E-state index in [-0.39, 0.29) is 5.63 Å². The van der Waals surface area contributed by atoms with Crippen LogP contribution in [0.5, 0.6) is 0 Å². The molecule has 0 fully saturated rings. The average Bonchev–Trinajstić information content (AvgIpc) is 2.74. The third-order valence-corrected chi connectivity index (χ3v) is 3.91. The lowest BCUT2D eigenvalue weighted by molar-refractivity contribution is 0.468. The maximum atomic E-state index is 11.8. The van der Waals surface area contributed by atoms with E-state index in [0.717, 1.165) is 11.0 Å². The first-order valence-corrected chi connectivity index (χ1v) is 6.51. The summed E-state index contributed by atoms with van der Waals surface area (Å²) >= 11 is 1.27. The zero-order valence-electron chi connectivity index (χ0n) is 9.88. The Bertz CT molecular complexity index is 1000. The fourth-order valence-electron chi connectivity index (χ4n) is 2.06. The van der Waals surface area contributed by atoms with Crippen LogP contribution in [0.25, 0.3) is 31.6 Å². The molecule has 5 nitrogen and oxygen atoms in total. The van der Waals surface area contributed by atoms with Gasteiger partial charge in [-0.2, -0.15) is 0 Å². The van der Waals surface area contributed by atoms with E-state index in [1.165, 1.54) is 11.3 Å². The van der Waals surface area contributed by atoms with Gasteiger partial charge in [-0.15, -0.1) is 11.3 Å². The molecule has 0 aliphatic rings. The molecule has 3 heterocycles. The van der Waals surface area contributed by atoms with E-state index in [2.05, 4.69) is 15.0 Å². The second-order valence-corrected chi connectivity index (χ2v) is 5.17. The Kier molecular flexibility index (Phi) is 1.99. The fourth-order valence-corrected chi connectivity index (χ4v) is 3.00. The van der Waals surface area contributed by atoms with Crippen molar-refractivity contribution < 1.29 is 4.42 Å². The van der Waals surface area contributed by atoms with E-state index in [0.29, 0.717) is 26.5 Å². The molecule has 0 aliphatic carbocycles. The van der Waals surface area contributed by atoms with Crippen molar-refractivity contribution in [2.24, 2.45) is 0 Å². The van der Waals surface area contributed by atoms with Crippen LogP contribution in [0.3, 0.4) is 0 Å². The number of rotatable bonds is 0. The van der Waals surface area contributed by atoms with Crippen LogP contribution in [0, 0.1) is 6.92 Å². The van der Waals surface area contributed by atoms with Crippen molar-refractivity contribution in [2.75, 3.05) is 0 Å². The standard InChI is InChI=1S/C13H7N3O2S/c1-6-14-9-10-12(19-11(9)13(17)18-6)16-8-5-3-2-4-7(8)15-10/h2-5H,1H3. The van der Waals surface area contributed by atoms with Gasteiger partial charge in [0.05, 0.1) is 11.0 Å². The number of benzene rings is 1. The lowest BCUT2D eigenvalue weighted by atomic mass is 10.3. The Hall–Kier alpha value is -2.34. The summed E-state index contributed by atoms with van der Waals surface area (Å²) in [4.78, 5) is 25.9. The predicted octanol–water partition coefficient (Wildman–Crippen LogP) is 2.65. The lowest BCUT2D eigenvalue weighted by Crippen LogP contribution is -2.00. The maximum Gasteiger partial charge on any atom is 0.357 e. The van der Waals surface area contributed by atoms with Crippen molar-refractivity contribution in [3.8, 4) is 0 Å². The second kappa shape index (κ2) is 3.58. The number of thiophene rings is 1. The maximum absolute atomic E-state index is 11.8. The fraction of sp³-hybridized carbons (Fsp3) is 0.0769. The minimum Gasteiger partial charge on any atom is -0.408 e. The molecule has 0 spiro atoms. The van der Waals surface area contributed by atoms with Gasteiger partial charge in [0.15, 0.2) is 5.89 Å². The topological polar surface area (TPSA) is 68.9 Å². The molecule has 0 bridgehead atoms. The zero-order valence-corrected chi connectivity index (χ0v) is 10.7. The normalized spacial score (nSPS) is 11.6. The molecule has 0 radical (unpaired) electrons. The van der Waals surface area contributed by atoms with Gasteiger partial charge in [0.2, 0.25) is 0 Å². The van der Waals surface area contributed by atoms with Crippen LogP contribution in [0.2, 0.25) is 0 Å². The highest BCUT2D eigenvalue weighted by Gasteiger charge is 2.14. The third-order valence-electron chi connectivity index (χ3n) is 2.87. The number of fused-ring (bicyclic) bond motifs is 4. The third kappa shape index (κ3) is 1.47. The molecule has 92 valence electrons. The molecular weight excluding hydrogens is 262 g/mol. The van der Waals surface area contributed by atoms with Crippen LogP contribution in [0.15, 0.2) is 33.5 Å². The van der Waals surface area contributed by atoms with Gasteiger partial charge in [-0.25, -0.2) is 19.7 Å². The predicted molar refractivity (Wildman–Crippen MR) is 73.5 cm³/mol. The number of para-hydroxylation sites is 2. The smallest absolute Gasteiger partial charge is 0.357 e. The second-order valence-electron chi connectivity index (χ2n) is 4.17. The van der Waals surface area contributed by atoms with Gasteiger partial charge >= 0.3 is 5.63 Å². The number of aromatic nitrogens is 3. The van der Waals surface area contributed by atoms with Crippen LogP contribution >= 0.6 is 11.3 Å². The Labute approximate surface area is 110 Å². The van der Waals surface area contributed by atoms with E-state index in [1.54, 1.807) is 6.92 Å². The molecule has 4 aromatic rings. The van der Waals surface area contributed by atoms with Crippen LogP contribution in [0.4, 0.5) is 0 Å². The number of nitrogens with zero attached hydrogens (tertiary/aromatic N) is 3. The highest BCUT2D eigenvalue weighted by atomic mass is 32.1. The Balaban J connectivity index is 2.29. The number of hydrogen-bond donors (Lipinski definition) is 0. The van der Waals surface area contributed by atoms with E-state index >= 15 is 0 Å². The van der Waals surface area contributed by atoms with Crippen LogP contribution in [-0.4, -0.2) is 15.0 Å². The lowest BCUT2D eigenvalue weighted by Gasteiger charge is -1.96. The highest BCUT2D eigenvalue weighted by molar-refractivity contribution is 7.25. The summed E-state index contributed by atoms with van der Waals surface area (Å²) in [7, 11) is 0. The van der Waals surface area contributed by atoms with Gasteiger partial charge in [0.1, 0.15) is 20.6 Å². The first kappa shape index (κ1) is 10.6. The summed E-state index contributed by atoms with van der Waals surface area (Å²) < 4.78 is 5.47. The Morgan fingerprint density at radius 1 is 1.05 bits per heavy atom. The quantitative estimate of drug-likeness (QED) is 0.491. The van der Waals surface area contributed by atoms with Crippen molar-refractivity contribution in [1.82, 2.24) is 15.0 Å². The highest BCUT2D eigenvalue weighted by Crippen LogP contribution is 2.29. The molecule has 0 unspecified atom stereocenters. The summed E-state index contributed by atoms with van der Waals surface area (Å²) in [6, 6.07) is 7.61. The van der Waals surface area contributed by atoms with Gasteiger partial charge in [-0.1, -0.05) is 12.1 Å². The molecular formula is C13H7N3O2S. The summed E-state index contributed by atoms with van der Waals surface area (Å²) in [5.74, 6) is 0.340. The van der Waals surface area contributed by atoms with E-state index < -0.39 is 0 Å². The molecule has 0 atom stereocenters. The minimum absolute atomic E-state index is 0.340. The summed E-state index contributed by atoms with van der Waals surface area (Å²) in [6.07, 6.45) is 0. The molecule has 1 aromatic carbocycles. The molecule has 19 heavy (non-hydrogen) atoms. The van der Waals surface area contributed by atoms with Crippen molar-refractivity contribution in [3.05, 3.63) is 40.6 Å². The van der Waals surface area contributed by atoms with Gasteiger partial charge in [0, 0.05) is 6.92 Å². The Morgan fingerprint density at radius 2 is 1.79 bits per heavy atom. The monoisotopic (exact) mass is 269 g/mol. The van der Waals surface area contributed by atoms with E-state index in [4.69, 9.17) is 4.42 Å². The Morgan fingerprint density at radius 3 is 2.58 bits per heavy atom. The van der Waals surface area contributed by atoms with Crippen LogP contribution < -0.4 is 5.63 Å². The molecule has 0 saturated heterocycles. The summed E-state index contributed by atoms with van der Waals surface area (Å²) in [5.41, 5.74) is 2.46. The van der Waals surface area contributed by atoms with Gasteiger partial charge in [-0.05, 0) is 12.1 Å². The molecule has 6 heteroatoms. The molecule has 0 saturated carbocycles. The summed E-state index contributed by atoms with van der Waals surface area (Å²) in [5, 5.41) is 0. The van der Waals surface area contributed by atoms with Gasteiger partial charge in [0.25, 0.3) is 0 Å². The van der Waals surface area contributed by atoms with E-state index in [9.17, 15) is 4.79 Å². The average molecular weight is 269 g/mol. The van der Waals surface area contributed by atoms with E-state index in [1.807, 2.05) is 24.3 Å². The SMILES string of the molecule is Cc1nc2c(sc3nc4ccccc4nc32)c(=O)o1. The zero-order chi connectivity index (χ0) is 13.0. The van der Waals surface area contributed by atoms with Gasteiger partial charge < -0.3 is 4.42 Å². The molecule has 0 amide bonds. The van der Waals surface area contributed by atoms with Gasteiger partial charge in [-0.3, -0.25) is 0 Å². The molecule has 0 aliphatic heterocycles. The molecule has 4 rings (SSSR count). The first-order chi connectivity index (χ1) is 9.22. The van der Waals surface area contributed by atoms with Crippen molar-refractivity contribution in [3.63, 3.8) is 0 Å². The molecule has 0 N–H and O–H groups in total. The van der Waals surface area contributed by atoms with Crippen molar-refractivity contribution in [1.29, 1.82) is 0 Å². The first-order valence-electron chi connectivity index (χ1n) is 5.69. The van der Waals surface area contributed by atoms with Crippen molar-refractivity contribution >= 4 is 42.9 Å². The number of hydrogen-bond acceptors (Lipinski definition) is 6. The van der Waals surface area contributed by atoms with Crippen molar-refractivity contribution in [2.45, 2.75) is 6.92 Å².